The Hall–Kier alpha value is -1.20. The molecule has 0 saturated carbocycles. The molecule has 0 spiro atoms. The van der Waals surface area contributed by atoms with E-state index >= 15 is 0 Å². The fourth-order valence-electron chi connectivity index (χ4n) is 0.632. The molecule has 78 valence electrons. The lowest BCUT2D eigenvalue weighted by atomic mass is 10.3. The molecule has 0 aliphatic heterocycles. The number of aliphatic imine (C=N–C) groups is 1. The predicted molar refractivity (Wildman–Crippen MR) is 59.6 cm³/mol. The maximum atomic E-state index is 11.4. The van der Waals surface area contributed by atoms with Gasteiger partial charge in [-0.1, -0.05) is 19.2 Å². The van der Waals surface area contributed by atoms with E-state index in [4.69, 9.17) is 0 Å². The molecule has 0 bridgehead atoms. The Balaban J connectivity index is 5.30. The predicted octanol–water partition coefficient (Wildman–Crippen LogP) is 1.21. The van der Waals surface area contributed by atoms with Crippen LogP contribution in [-0.4, -0.2) is 20.5 Å². The Morgan fingerprint density at radius 2 is 2.00 bits per heavy atom. The van der Waals surface area contributed by atoms with Crippen LogP contribution in [0.5, 0.6) is 0 Å². The molecule has 0 rings (SSSR count). The molecule has 5 heteroatoms. The molecule has 0 fully saturated rings. The quantitative estimate of drug-likeness (QED) is 0.434. The van der Waals surface area contributed by atoms with E-state index in [1.807, 2.05) is 0 Å². The van der Waals surface area contributed by atoms with Gasteiger partial charge in [0, 0.05) is 6.20 Å². The van der Waals surface area contributed by atoms with Crippen molar-refractivity contribution in [3.8, 4) is 0 Å². The average Bonchev–Trinajstić information content (AvgIpc) is 2.17. The van der Waals surface area contributed by atoms with Crippen molar-refractivity contribution in [2.45, 2.75) is 6.92 Å². The molecule has 0 aliphatic carbocycles. The average molecular weight is 214 g/mol. The lowest BCUT2D eigenvalue weighted by Crippen LogP contribution is -2.26. The molecule has 4 nitrogen and oxygen atoms in total. The summed E-state index contributed by atoms with van der Waals surface area (Å²) in [6, 6.07) is 0. The molecule has 0 atom stereocenters. The number of rotatable bonds is 4. The van der Waals surface area contributed by atoms with Gasteiger partial charge in [-0.3, -0.25) is 0 Å². The highest BCUT2D eigenvalue weighted by atomic mass is 32.2. The highest BCUT2D eigenvalue weighted by Crippen LogP contribution is 2.00. The first-order valence-corrected chi connectivity index (χ1v) is 5.39. The monoisotopic (exact) mass is 214 g/mol. The third kappa shape index (κ3) is 3.68. The van der Waals surface area contributed by atoms with E-state index in [1.165, 1.54) is 19.3 Å². The van der Waals surface area contributed by atoms with Crippen molar-refractivity contribution in [3.05, 3.63) is 37.1 Å². The second-order valence-corrected chi connectivity index (χ2v) is 4.28. The molecule has 0 aromatic carbocycles. The van der Waals surface area contributed by atoms with Crippen LogP contribution in [0.4, 0.5) is 0 Å². The van der Waals surface area contributed by atoms with Crippen LogP contribution in [0.15, 0.2) is 42.1 Å². The van der Waals surface area contributed by atoms with Crippen LogP contribution in [-0.2, 0) is 10.0 Å². The van der Waals surface area contributed by atoms with Gasteiger partial charge in [-0.15, -0.1) is 0 Å². The van der Waals surface area contributed by atoms with Crippen LogP contribution < -0.4 is 4.72 Å². The van der Waals surface area contributed by atoms with Crippen molar-refractivity contribution in [3.63, 3.8) is 0 Å². The summed E-state index contributed by atoms with van der Waals surface area (Å²) in [5, 5.41) is -0.0765. The van der Waals surface area contributed by atoms with Crippen molar-refractivity contribution < 1.29 is 8.42 Å². The van der Waals surface area contributed by atoms with Gasteiger partial charge in [0.15, 0.2) is 5.04 Å². The first-order chi connectivity index (χ1) is 6.47. The van der Waals surface area contributed by atoms with Gasteiger partial charge in [-0.25, -0.2) is 18.1 Å². The molecular formula is C9H14N2O2S. The molecule has 0 amide bonds. The Bertz CT molecular complexity index is 378. The largest absolute Gasteiger partial charge is 0.257 e. The second kappa shape index (κ2) is 5.51. The molecule has 0 heterocycles. The number of allylic oxidation sites excluding steroid dienone is 2. The second-order valence-electron chi connectivity index (χ2n) is 2.45. The summed E-state index contributed by atoms with van der Waals surface area (Å²) >= 11 is 0. The Labute approximate surface area is 84.8 Å². The molecule has 14 heavy (non-hydrogen) atoms. The van der Waals surface area contributed by atoms with E-state index in [2.05, 4.69) is 22.9 Å². The smallest absolute Gasteiger partial charge is 0.244 e. The summed E-state index contributed by atoms with van der Waals surface area (Å²) in [4.78, 5) is 3.66. The molecule has 1 N–H and O–H groups in total. The summed E-state index contributed by atoms with van der Waals surface area (Å²) in [5.74, 6) is 0. The van der Waals surface area contributed by atoms with Gasteiger partial charge in [-0.05, 0) is 25.6 Å². The molecular weight excluding hydrogens is 200 g/mol. The van der Waals surface area contributed by atoms with Gasteiger partial charge < -0.3 is 0 Å². The van der Waals surface area contributed by atoms with Crippen LogP contribution in [0.3, 0.4) is 0 Å². The van der Waals surface area contributed by atoms with Crippen LogP contribution in [0, 0.1) is 0 Å². The van der Waals surface area contributed by atoms with Gasteiger partial charge in [0.1, 0.15) is 0 Å². The van der Waals surface area contributed by atoms with Crippen molar-refractivity contribution in [1.29, 1.82) is 0 Å². The van der Waals surface area contributed by atoms with Gasteiger partial charge in [0.25, 0.3) is 10.0 Å². The summed E-state index contributed by atoms with van der Waals surface area (Å²) in [6.07, 6.45) is 4.14. The summed E-state index contributed by atoms with van der Waals surface area (Å²) < 4.78 is 24.9. The Kier molecular flexibility index (Phi) is 5.04. The van der Waals surface area contributed by atoms with Crippen LogP contribution in [0.2, 0.25) is 0 Å². The normalized spacial score (nSPS) is 13.9. The van der Waals surface area contributed by atoms with E-state index < -0.39 is 10.0 Å². The fourth-order valence-corrected chi connectivity index (χ4v) is 1.40. The van der Waals surface area contributed by atoms with Crippen LogP contribution >= 0.6 is 0 Å². The van der Waals surface area contributed by atoms with E-state index in [-0.39, 0.29) is 5.04 Å². The summed E-state index contributed by atoms with van der Waals surface area (Å²) in [7, 11) is -2.20. The first-order valence-electron chi connectivity index (χ1n) is 3.91. The van der Waals surface area contributed by atoms with Crippen molar-refractivity contribution >= 4 is 15.1 Å². The SMILES string of the molecule is C=CN=C(/C=C(/C)C=C)S(=O)(=O)NC. The zero-order chi connectivity index (χ0) is 11.2. The molecule has 0 aromatic heterocycles. The minimum Gasteiger partial charge on any atom is -0.244 e. The molecule has 0 unspecified atom stereocenters. The maximum absolute atomic E-state index is 11.4. The minimum absolute atomic E-state index is 0.0765. The molecule has 0 aromatic rings. The number of nitrogens with zero attached hydrogens (tertiary/aromatic N) is 1. The lowest BCUT2D eigenvalue weighted by Gasteiger charge is -2.01. The van der Waals surface area contributed by atoms with Crippen LogP contribution in [0.25, 0.3) is 0 Å². The summed E-state index contributed by atoms with van der Waals surface area (Å²) in [6.45, 7) is 8.60. The van der Waals surface area contributed by atoms with Gasteiger partial charge in [0.05, 0.1) is 0 Å². The topological polar surface area (TPSA) is 58.5 Å². The fraction of sp³-hybridized carbons (Fsp3) is 0.222. The standard InChI is InChI=1S/C9H14N2O2S/c1-5-8(3)7-9(11-6-2)14(12,13)10-4/h5-7,10H,1-2H2,3-4H3/b8-7-,11-9?. The highest BCUT2D eigenvalue weighted by molar-refractivity contribution is 8.05. The van der Waals surface area contributed by atoms with Crippen LogP contribution in [0.1, 0.15) is 6.92 Å². The highest BCUT2D eigenvalue weighted by Gasteiger charge is 2.13. The van der Waals surface area contributed by atoms with Crippen molar-refractivity contribution in [2.75, 3.05) is 7.05 Å². The van der Waals surface area contributed by atoms with E-state index in [0.717, 1.165) is 0 Å². The molecule has 0 saturated heterocycles. The lowest BCUT2D eigenvalue weighted by molar-refractivity contribution is 0.600. The van der Waals surface area contributed by atoms with Gasteiger partial charge in [0.2, 0.25) is 0 Å². The van der Waals surface area contributed by atoms with E-state index in [1.54, 1.807) is 13.0 Å². The number of nitrogens with one attached hydrogen (secondary N) is 1. The Morgan fingerprint density at radius 1 is 1.43 bits per heavy atom. The van der Waals surface area contributed by atoms with Crippen molar-refractivity contribution in [1.82, 2.24) is 4.72 Å². The third-order valence-corrected chi connectivity index (χ3v) is 2.75. The van der Waals surface area contributed by atoms with E-state index in [0.29, 0.717) is 5.57 Å². The third-order valence-electron chi connectivity index (χ3n) is 1.44. The van der Waals surface area contributed by atoms with E-state index in [9.17, 15) is 8.42 Å². The number of sulfonamides is 1. The first kappa shape index (κ1) is 12.8. The maximum Gasteiger partial charge on any atom is 0.257 e. The number of hydrogen-bond donors (Lipinski definition) is 1. The minimum atomic E-state index is -3.52. The zero-order valence-electron chi connectivity index (χ0n) is 8.32. The molecule has 0 radical (unpaired) electrons. The Morgan fingerprint density at radius 3 is 2.36 bits per heavy atom. The van der Waals surface area contributed by atoms with Gasteiger partial charge >= 0.3 is 0 Å². The molecule has 0 aliphatic rings. The number of hydrogen-bond acceptors (Lipinski definition) is 3. The summed E-state index contributed by atoms with van der Waals surface area (Å²) in [5.41, 5.74) is 0.712. The van der Waals surface area contributed by atoms with Gasteiger partial charge in [-0.2, -0.15) is 0 Å². The zero-order valence-corrected chi connectivity index (χ0v) is 9.13. The van der Waals surface area contributed by atoms with Crippen molar-refractivity contribution in [2.24, 2.45) is 4.99 Å².